The average Bonchev–Trinajstić information content (AvgIpc) is 2.78. The third kappa shape index (κ3) is 5.90. The normalized spacial score (nSPS) is 20.1. The Balaban J connectivity index is 2.66. The molecule has 1 atom stereocenters. The van der Waals surface area contributed by atoms with Crippen molar-refractivity contribution in [1.29, 1.82) is 0 Å². The molecule has 2 amide bonds. The first-order chi connectivity index (χ1) is 10.3. The van der Waals surface area contributed by atoms with Crippen LogP contribution in [-0.4, -0.2) is 95.0 Å². The zero-order valence-corrected chi connectivity index (χ0v) is 14.2. The van der Waals surface area contributed by atoms with Crippen molar-refractivity contribution in [3.05, 3.63) is 0 Å². The lowest BCUT2D eigenvalue weighted by Crippen LogP contribution is -2.50. The van der Waals surface area contributed by atoms with E-state index in [9.17, 15) is 18.0 Å². The predicted molar refractivity (Wildman–Crippen MR) is 82.2 cm³/mol. The molecule has 1 fully saturated rings. The van der Waals surface area contributed by atoms with Gasteiger partial charge in [-0.3, -0.25) is 9.59 Å². The standard InChI is InChI=1S/C13H25N3O5S/c1-15(2)6-5-14-12(17)13(18)16(7-8-21-3)11-4-9-22(19,20)10-11/h11H,4-10H2,1-3H3,(H,14,17). The number of nitrogens with zero attached hydrogens (tertiary/aromatic N) is 2. The fourth-order valence-electron chi connectivity index (χ4n) is 2.26. The smallest absolute Gasteiger partial charge is 0.312 e. The second-order valence-electron chi connectivity index (χ2n) is 5.61. The Labute approximate surface area is 131 Å². The first-order valence-corrected chi connectivity index (χ1v) is 9.02. The van der Waals surface area contributed by atoms with Crippen LogP contribution < -0.4 is 5.32 Å². The van der Waals surface area contributed by atoms with Crippen molar-refractivity contribution in [2.75, 3.05) is 59.0 Å². The van der Waals surface area contributed by atoms with Crippen LogP contribution in [0.25, 0.3) is 0 Å². The van der Waals surface area contributed by atoms with E-state index < -0.39 is 27.7 Å². The Hall–Kier alpha value is -1.19. The van der Waals surface area contributed by atoms with E-state index in [4.69, 9.17) is 4.74 Å². The zero-order chi connectivity index (χ0) is 16.8. The molecule has 1 rings (SSSR count). The lowest BCUT2D eigenvalue weighted by Gasteiger charge is -2.27. The molecule has 128 valence electrons. The van der Waals surface area contributed by atoms with Crippen LogP contribution in [0.15, 0.2) is 0 Å². The van der Waals surface area contributed by atoms with E-state index in [2.05, 4.69) is 5.32 Å². The van der Waals surface area contributed by atoms with Gasteiger partial charge in [0.1, 0.15) is 0 Å². The number of sulfone groups is 1. The van der Waals surface area contributed by atoms with Gasteiger partial charge in [-0.25, -0.2) is 8.42 Å². The SMILES string of the molecule is COCCN(C(=O)C(=O)NCCN(C)C)C1CCS(=O)(=O)C1. The molecular weight excluding hydrogens is 310 g/mol. The fourth-order valence-corrected chi connectivity index (χ4v) is 3.99. The molecule has 0 bridgehead atoms. The van der Waals surface area contributed by atoms with Crippen molar-refractivity contribution in [3.8, 4) is 0 Å². The molecule has 9 heteroatoms. The summed E-state index contributed by atoms with van der Waals surface area (Å²) in [7, 11) is 2.09. The van der Waals surface area contributed by atoms with Gasteiger partial charge in [0.05, 0.1) is 18.1 Å². The molecule has 8 nitrogen and oxygen atoms in total. The number of hydrogen-bond donors (Lipinski definition) is 1. The van der Waals surface area contributed by atoms with Crippen LogP contribution in [0, 0.1) is 0 Å². The van der Waals surface area contributed by atoms with Crippen LogP contribution >= 0.6 is 0 Å². The molecule has 0 aromatic carbocycles. The van der Waals surface area contributed by atoms with E-state index in [1.165, 1.54) is 12.0 Å². The van der Waals surface area contributed by atoms with E-state index >= 15 is 0 Å². The summed E-state index contributed by atoms with van der Waals surface area (Å²) in [5, 5.41) is 2.55. The highest BCUT2D eigenvalue weighted by atomic mass is 32.2. The van der Waals surface area contributed by atoms with E-state index in [1.54, 1.807) is 0 Å². The summed E-state index contributed by atoms with van der Waals surface area (Å²) in [5.74, 6) is -1.44. The number of methoxy groups -OCH3 is 1. The van der Waals surface area contributed by atoms with Crippen molar-refractivity contribution in [3.63, 3.8) is 0 Å². The molecule has 22 heavy (non-hydrogen) atoms. The molecule has 0 aliphatic carbocycles. The Morgan fingerprint density at radius 2 is 1.95 bits per heavy atom. The highest BCUT2D eigenvalue weighted by molar-refractivity contribution is 7.91. The minimum atomic E-state index is -3.13. The van der Waals surface area contributed by atoms with Crippen LogP contribution in [0.2, 0.25) is 0 Å². The maximum Gasteiger partial charge on any atom is 0.312 e. The predicted octanol–water partition coefficient (Wildman–Crippen LogP) is -1.67. The maximum atomic E-state index is 12.3. The lowest BCUT2D eigenvalue weighted by atomic mass is 10.2. The number of ether oxygens (including phenoxy) is 1. The Bertz CT molecular complexity index is 492. The Kier molecular flexibility index (Phi) is 7.24. The largest absolute Gasteiger partial charge is 0.383 e. The van der Waals surface area contributed by atoms with Crippen molar-refractivity contribution in [2.24, 2.45) is 0 Å². The van der Waals surface area contributed by atoms with Crippen LogP contribution in [0.4, 0.5) is 0 Å². The summed E-state index contributed by atoms with van der Waals surface area (Å²) in [6.07, 6.45) is 0.364. The van der Waals surface area contributed by atoms with Gasteiger partial charge < -0.3 is 19.9 Å². The number of likely N-dealkylation sites (N-methyl/N-ethyl adjacent to an activating group) is 1. The van der Waals surface area contributed by atoms with E-state index in [0.29, 0.717) is 19.5 Å². The van der Waals surface area contributed by atoms with Crippen LogP contribution in [0.3, 0.4) is 0 Å². The quantitative estimate of drug-likeness (QED) is 0.559. The molecule has 0 aromatic heterocycles. The van der Waals surface area contributed by atoms with E-state index in [-0.39, 0.29) is 24.7 Å². The van der Waals surface area contributed by atoms with Crippen molar-refractivity contribution in [2.45, 2.75) is 12.5 Å². The lowest BCUT2D eigenvalue weighted by molar-refractivity contribution is -0.147. The molecule has 1 aliphatic rings. The van der Waals surface area contributed by atoms with Gasteiger partial charge >= 0.3 is 11.8 Å². The summed E-state index contributed by atoms with van der Waals surface area (Å²) in [6, 6.07) is -0.452. The van der Waals surface area contributed by atoms with Gasteiger partial charge in [0.25, 0.3) is 0 Å². The topological polar surface area (TPSA) is 96.0 Å². The first-order valence-electron chi connectivity index (χ1n) is 7.19. The van der Waals surface area contributed by atoms with Crippen LogP contribution in [-0.2, 0) is 24.2 Å². The second-order valence-corrected chi connectivity index (χ2v) is 7.84. The minimum absolute atomic E-state index is 0.0523. The molecule has 0 aromatic rings. The number of hydrogen-bond acceptors (Lipinski definition) is 6. The fraction of sp³-hybridized carbons (Fsp3) is 0.846. The molecule has 1 N–H and O–H groups in total. The molecule has 1 aliphatic heterocycles. The van der Waals surface area contributed by atoms with Crippen LogP contribution in [0.1, 0.15) is 6.42 Å². The second kappa shape index (κ2) is 8.44. The van der Waals surface area contributed by atoms with Gasteiger partial charge in [-0.05, 0) is 20.5 Å². The Morgan fingerprint density at radius 1 is 1.27 bits per heavy atom. The van der Waals surface area contributed by atoms with Gasteiger partial charge in [-0.2, -0.15) is 0 Å². The summed E-state index contributed by atoms with van der Waals surface area (Å²) in [4.78, 5) is 27.4. The van der Waals surface area contributed by atoms with E-state index in [0.717, 1.165) is 0 Å². The molecule has 1 heterocycles. The molecular formula is C13H25N3O5S. The molecule has 0 spiro atoms. The maximum absolute atomic E-state index is 12.3. The van der Waals surface area contributed by atoms with Gasteiger partial charge in [-0.15, -0.1) is 0 Å². The number of rotatable bonds is 7. The molecule has 0 saturated carbocycles. The Morgan fingerprint density at radius 3 is 2.45 bits per heavy atom. The highest BCUT2D eigenvalue weighted by Crippen LogP contribution is 2.17. The van der Waals surface area contributed by atoms with E-state index in [1.807, 2.05) is 19.0 Å². The third-order valence-electron chi connectivity index (χ3n) is 3.49. The van der Waals surface area contributed by atoms with Gasteiger partial charge in [0, 0.05) is 32.8 Å². The van der Waals surface area contributed by atoms with Crippen molar-refractivity contribution < 1.29 is 22.7 Å². The van der Waals surface area contributed by atoms with Crippen LogP contribution in [0.5, 0.6) is 0 Å². The molecule has 0 radical (unpaired) electrons. The first kappa shape index (κ1) is 18.9. The summed E-state index contributed by atoms with van der Waals surface area (Å²) < 4.78 is 28.1. The van der Waals surface area contributed by atoms with Crippen molar-refractivity contribution >= 4 is 21.7 Å². The average molecular weight is 335 g/mol. The van der Waals surface area contributed by atoms with Gasteiger partial charge in [-0.1, -0.05) is 0 Å². The summed E-state index contributed by atoms with van der Waals surface area (Å²) in [5.41, 5.74) is 0. The monoisotopic (exact) mass is 335 g/mol. The van der Waals surface area contributed by atoms with Gasteiger partial charge in [0.15, 0.2) is 9.84 Å². The van der Waals surface area contributed by atoms with Gasteiger partial charge in [0.2, 0.25) is 0 Å². The number of carbonyl (C=O) groups excluding carboxylic acids is 2. The number of carbonyl (C=O) groups is 2. The number of nitrogens with one attached hydrogen (secondary N) is 1. The number of amides is 2. The minimum Gasteiger partial charge on any atom is -0.383 e. The van der Waals surface area contributed by atoms with Crippen molar-refractivity contribution in [1.82, 2.24) is 15.1 Å². The highest BCUT2D eigenvalue weighted by Gasteiger charge is 2.36. The third-order valence-corrected chi connectivity index (χ3v) is 5.24. The molecule has 1 unspecified atom stereocenters. The summed E-state index contributed by atoms with van der Waals surface area (Å²) >= 11 is 0. The summed E-state index contributed by atoms with van der Waals surface area (Å²) in [6.45, 7) is 1.44. The molecule has 1 saturated heterocycles. The zero-order valence-electron chi connectivity index (χ0n) is 13.4.